The SMILES string of the molecule is O=C1N[C@@H](Cc2c[nH]c3ccccc23)C(=O)N2CCN(C(=O)N3CCOCC3)C[C@H]12. The summed E-state index contributed by atoms with van der Waals surface area (Å²) in [7, 11) is 0. The summed E-state index contributed by atoms with van der Waals surface area (Å²) < 4.78 is 5.30. The highest BCUT2D eigenvalue weighted by Crippen LogP contribution is 2.23. The van der Waals surface area contributed by atoms with Crippen molar-refractivity contribution in [3.8, 4) is 0 Å². The maximum absolute atomic E-state index is 13.1. The number of carbonyl (C=O) groups is 3. The summed E-state index contributed by atoms with van der Waals surface area (Å²) in [5, 5.41) is 3.95. The molecule has 30 heavy (non-hydrogen) atoms. The van der Waals surface area contributed by atoms with Gasteiger partial charge in [0.2, 0.25) is 11.8 Å². The Kier molecular flexibility index (Phi) is 4.82. The predicted octanol–water partition coefficient (Wildman–Crippen LogP) is 0.174. The number of carbonyl (C=O) groups excluding carboxylic acids is 3. The Labute approximate surface area is 173 Å². The first-order chi connectivity index (χ1) is 14.6. The molecule has 0 aliphatic carbocycles. The number of nitrogens with one attached hydrogen (secondary N) is 2. The maximum atomic E-state index is 13.1. The average Bonchev–Trinajstić information content (AvgIpc) is 3.20. The quantitative estimate of drug-likeness (QED) is 0.736. The van der Waals surface area contributed by atoms with E-state index in [9.17, 15) is 14.4 Å². The molecule has 3 aliphatic heterocycles. The van der Waals surface area contributed by atoms with Gasteiger partial charge in [0.05, 0.1) is 19.8 Å². The van der Waals surface area contributed by atoms with E-state index in [4.69, 9.17) is 4.74 Å². The number of rotatable bonds is 2. The molecular formula is C21H25N5O4. The second-order valence-corrected chi connectivity index (χ2v) is 8.00. The minimum atomic E-state index is -0.629. The molecule has 5 rings (SSSR count). The van der Waals surface area contributed by atoms with Gasteiger partial charge in [0.25, 0.3) is 0 Å². The number of urea groups is 1. The Hall–Kier alpha value is -3.07. The van der Waals surface area contributed by atoms with Crippen LogP contribution in [0.1, 0.15) is 5.56 Å². The largest absolute Gasteiger partial charge is 0.378 e. The van der Waals surface area contributed by atoms with Crippen molar-refractivity contribution in [1.29, 1.82) is 0 Å². The highest BCUT2D eigenvalue weighted by atomic mass is 16.5. The summed E-state index contributed by atoms with van der Waals surface area (Å²) >= 11 is 0. The Morgan fingerprint density at radius 1 is 1.07 bits per heavy atom. The zero-order chi connectivity index (χ0) is 20.7. The monoisotopic (exact) mass is 411 g/mol. The first kappa shape index (κ1) is 18.9. The van der Waals surface area contributed by atoms with E-state index in [2.05, 4.69) is 10.3 Å². The lowest BCUT2D eigenvalue weighted by Gasteiger charge is -2.46. The number of hydrogen-bond donors (Lipinski definition) is 2. The summed E-state index contributed by atoms with van der Waals surface area (Å²) in [5.74, 6) is -0.276. The van der Waals surface area contributed by atoms with Gasteiger partial charge in [-0.2, -0.15) is 0 Å². The van der Waals surface area contributed by atoms with Crippen LogP contribution in [0.4, 0.5) is 4.79 Å². The molecule has 4 amide bonds. The van der Waals surface area contributed by atoms with Crippen molar-refractivity contribution < 1.29 is 19.1 Å². The van der Waals surface area contributed by atoms with Gasteiger partial charge in [0.1, 0.15) is 12.1 Å². The van der Waals surface area contributed by atoms with Crippen molar-refractivity contribution in [2.45, 2.75) is 18.5 Å². The molecule has 0 spiro atoms. The second kappa shape index (κ2) is 7.64. The van der Waals surface area contributed by atoms with E-state index in [1.54, 1.807) is 14.7 Å². The highest BCUT2D eigenvalue weighted by molar-refractivity contribution is 5.98. The number of fused-ring (bicyclic) bond motifs is 2. The van der Waals surface area contributed by atoms with E-state index in [1.165, 1.54) is 0 Å². The van der Waals surface area contributed by atoms with Crippen molar-refractivity contribution in [1.82, 2.24) is 25.0 Å². The number of benzene rings is 1. The molecule has 2 atom stereocenters. The lowest BCUT2D eigenvalue weighted by atomic mass is 9.98. The van der Waals surface area contributed by atoms with Crippen LogP contribution in [0.25, 0.3) is 10.9 Å². The van der Waals surface area contributed by atoms with Crippen LogP contribution in [0.15, 0.2) is 30.5 Å². The fourth-order valence-corrected chi connectivity index (χ4v) is 4.59. The predicted molar refractivity (Wildman–Crippen MR) is 109 cm³/mol. The third-order valence-corrected chi connectivity index (χ3v) is 6.23. The number of amides is 4. The topological polar surface area (TPSA) is 98.0 Å². The number of morpholine rings is 1. The lowest BCUT2D eigenvalue weighted by Crippen LogP contribution is -2.70. The number of nitrogens with zero attached hydrogens (tertiary/aromatic N) is 3. The molecule has 9 heteroatoms. The number of para-hydroxylation sites is 1. The van der Waals surface area contributed by atoms with Crippen LogP contribution in [0.5, 0.6) is 0 Å². The van der Waals surface area contributed by atoms with Crippen molar-refractivity contribution in [3.05, 3.63) is 36.0 Å². The minimum Gasteiger partial charge on any atom is -0.378 e. The van der Waals surface area contributed by atoms with Gasteiger partial charge < -0.3 is 29.7 Å². The van der Waals surface area contributed by atoms with E-state index in [0.717, 1.165) is 16.5 Å². The van der Waals surface area contributed by atoms with Crippen LogP contribution < -0.4 is 5.32 Å². The normalized spacial score (nSPS) is 24.7. The molecule has 3 fully saturated rings. The number of aromatic nitrogens is 1. The molecule has 1 aromatic heterocycles. The van der Waals surface area contributed by atoms with E-state index >= 15 is 0 Å². The Balaban J connectivity index is 1.28. The Morgan fingerprint density at radius 2 is 1.87 bits per heavy atom. The first-order valence-electron chi connectivity index (χ1n) is 10.4. The third kappa shape index (κ3) is 3.28. The van der Waals surface area contributed by atoms with Crippen LogP contribution in [0, 0.1) is 0 Å². The third-order valence-electron chi connectivity index (χ3n) is 6.23. The number of ether oxygens (including phenoxy) is 1. The van der Waals surface area contributed by atoms with Crippen molar-refractivity contribution >= 4 is 28.7 Å². The molecule has 0 radical (unpaired) electrons. The Morgan fingerprint density at radius 3 is 2.70 bits per heavy atom. The van der Waals surface area contributed by atoms with Crippen molar-refractivity contribution in [2.75, 3.05) is 45.9 Å². The average molecular weight is 411 g/mol. The molecule has 0 saturated carbocycles. The maximum Gasteiger partial charge on any atom is 0.320 e. The number of H-pyrrole nitrogens is 1. The van der Waals surface area contributed by atoms with Crippen molar-refractivity contribution in [3.63, 3.8) is 0 Å². The van der Waals surface area contributed by atoms with Crippen LogP contribution in [-0.2, 0) is 20.7 Å². The summed E-state index contributed by atoms with van der Waals surface area (Å²) in [4.78, 5) is 47.0. The molecule has 2 aromatic rings. The summed E-state index contributed by atoms with van der Waals surface area (Å²) in [6.45, 7) is 3.22. The van der Waals surface area contributed by atoms with Gasteiger partial charge in [0, 0.05) is 49.7 Å². The number of hydrogen-bond acceptors (Lipinski definition) is 4. The zero-order valence-corrected chi connectivity index (χ0v) is 16.7. The number of aromatic amines is 1. The minimum absolute atomic E-state index is 0.0802. The van der Waals surface area contributed by atoms with Gasteiger partial charge in [-0.05, 0) is 11.6 Å². The molecule has 0 bridgehead atoms. The van der Waals surface area contributed by atoms with Crippen molar-refractivity contribution in [2.24, 2.45) is 0 Å². The standard InChI is InChI=1S/C21H25N5O4/c27-19-18-13-25(21(29)24-7-9-30-10-8-24)5-6-26(18)20(28)17(23-19)11-14-12-22-16-4-2-1-3-15(14)16/h1-4,12,17-18,22H,5-11,13H2,(H,23,27)/t17-,18+/m0/s1. The van der Waals surface area contributed by atoms with Gasteiger partial charge in [-0.1, -0.05) is 18.2 Å². The molecule has 4 heterocycles. The molecule has 3 aliphatic rings. The molecule has 1 aromatic carbocycles. The van der Waals surface area contributed by atoms with Crippen LogP contribution in [-0.4, -0.2) is 95.6 Å². The molecule has 0 unspecified atom stereocenters. The lowest BCUT2D eigenvalue weighted by molar-refractivity contribution is -0.152. The van der Waals surface area contributed by atoms with Crippen LogP contribution >= 0.6 is 0 Å². The fraction of sp³-hybridized carbons (Fsp3) is 0.476. The van der Waals surface area contributed by atoms with E-state index < -0.39 is 12.1 Å². The van der Waals surface area contributed by atoms with E-state index in [1.807, 2.05) is 30.5 Å². The first-order valence-corrected chi connectivity index (χ1v) is 10.4. The Bertz CT molecular complexity index is 983. The van der Waals surface area contributed by atoms with Gasteiger partial charge in [0.15, 0.2) is 0 Å². The summed E-state index contributed by atoms with van der Waals surface area (Å²) in [6, 6.07) is 6.61. The van der Waals surface area contributed by atoms with Crippen LogP contribution in [0.2, 0.25) is 0 Å². The van der Waals surface area contributed by atoms with Gasteiger partial charge >= 0.3 is 6.03 Å². The van der Waals surface area contributed by atoms with Gasteiger partial charge in [-0.3, -0.25) is 9.59 Å². The van der Waals surface area contributed by atoms with Crippen LogP contribution in [0.3, 0.4) is 0 Å². The van der Waals surface area contributed by atoms with Gasteiger partial charge in [-0.15, -0.1) is 0 Å². The van der Waals surface area contributed by atoms with E-state index in [0.29, 0.717) is 45.8 Å². The van der Waals surface area contributed by atoms with Gasteiger partial charge in [-0.25, -0.2) is 4.79 Å². The number of piperazine rings is 2. The summed E-state index contributed by atoms with van der Waals surface area (Å²) in [6.07, 6.45) is 2.34. The zero-order valence-electron chi connectivity index (χ0n) is 16.7. The molecule has 3 saturated heterocycles. The summed E-state index contributed by atoms with van der Waals surface area (Å²) in [5.41, 5.74) is 2.01. The van der Waals surface area contributed by atoms with E-state index in [-0.39, 0.29) is 24.4 Å². The second-order valence-electron chi connectivity index (χ2n) is 8.00. The molecular weight excluding hydrogens is 386 g/mol. The molecule has 9 nitrogen and oxygen atoms in total. The smallest absolute Gasteiger partial charge is 0.320 e. The molecule has 158 valence electrons. The highest BCUT2D eigenvalue weighted by Gasteiger charge is 2.44. The molecule has 2 N–H and O–H groups in total. The fourth-order valence-electron chi connectivity index (χ4n) is 4.59.